The van der Waals surface area contributed by atoms with Gasteiger partial charge in [0.2, 0.25) is 10.0 Å². The summed E-state index contributed by atoms with van der Waals surface area (Å²) in [4.78, 5) is 0. The Labute approximate surface area is 147 Å². The minimum Gasteiger partial charge on any atom is -0.533 e. The van der Waals surface area contributed by atoms with Crippen LogP contribution in [-0.4, -0.2) is 26.9 Å². The molecule has 0 unspecified atom stereocenters. The van der Waals surface area contributed by atoms with E-state index in [-0.39, 0.29) is 21.9 Å². The molecule has 5 nitrogen and oxygen atoms in total. The van der Waals surface area contributed by atoms with Gasteiger partial charge in [-0.1, -0.05) is 18.5 Å². The maximum Gasteiger partial charge on any atom is 0.566 e. The first-order chi connectivity index (χ1) is 11.1. The number of halogens is 2. The number of hydrogen-bond donors (Lipinski definition) is 1. The van der Waals surface area contributed by atoms with Crippen LogP contribution in [0.4, 0.5) is 10.1 Å². The molecule has 0 aromatic heterocycles. The Morgan fingerprint density at radius 3 is 2.62 bits per heavy atom. The van der Waals surface area contributed by atoms with Crippen LogP contribution in [0.1, 0.15) is 34.1 Å². The summed E-state index contributed by atoms with van der Waals surface area (Å²) in [5.74, 6) is -0.308. The van der Waals surface area contributed by atoms with Crippen molar-refractivity contribution in [2.45, 2.75) is 39.7 Å². The lowest BCUT2D eigenvalue weighted by molar-refractivity contribution is 0.172. The van der Waals surface area contributed by atoms with Crippen LogP contribution in [0.3, 0.4) is 0 Å². The number of allylic oxidation sites excluding steroid dienone is 1. The molecule has 0 spiro atoms. The molecule has 0 amide bonds. The van der Waals surface area contributed by atoms with Gasteiger partial charge in [-0.25, -0.2) is 12.8 Å². The highest BCUT2D eigenvalue weighted by Gasteiger charge is 2.45. The standard InChI is InChI=1S/C15H20BClFNO4S/c1-5-7-24(20,21)19-12-9-10(17)8-11(14(12)18)16-22-13(6-2)15(3,4)23-16/h6,8-9,19H,5,7H2,1-4H3/b13-6-. The third kappa shape index (κ3) is 4.04. The van der Waals surface area contributed by atoms with Crippen molar-refractivity contribution in [1.29, 1.82) is 0 Å². The molecule has 132 valence electrons. The van der Waals surface area contributed by atoms with E-state index < -0.39 is 28.6 Å². The summed E-state index contributed by atoms with van der Waals surface area (Å²) in [7, 11) is -4.64. The molecular formula is C15H20BClFNO4S. The first kappa shape index (κ1) is 19.1. The lowest BCUT2D eigenvalue weighted by Gasteiger charge is -2.16. The Hall–Kier alpha value is -1.25. The third-order valence-corrected chi connectivity index (χ3v) is 5.24. The summed E-state index contributed by atoms with van der Waals surface area (Å²) in [6.07, 6.45) is 2.16. The zero-order valence-electron chi connectivity index (χ0n) is 14.0. The molecule has 0 radical (unpaired) electrons. The molecule has 0 bridgehead atoms. The van der Waals surface area contributed by atoms with E-state index in [1.165, 1.54) is 12.1 Å². The van der Waals surface area contributed by atoms with E-state index in [2.05, 4.69) is 4.72 Å². The summed E-state index contributed by atoms with van der Waals surface area (Å²) in [6, 6.07) is 2.60. The summed E-state index contributed by atoms with van der Waals surface area (Å²) >= 11 is 6.02. The fourth-order valence-electron chi connectivity index (χ4n) is 2.49. The first-order valence-electron chi connectivity index (χ1n) is 7.60. The minimum atomic E-state index is -3.64. The van der Waals surface area contributed by atoms with E-state index in [0.29, 0.717) is 12.2 Å². The normalized spacial score (nSPS) is 18.8. The van der Waals surface area contributed by atoms with E-state index in [9.17, 15) is 12.8 Å². The Balaban J connectivity index is 2.40. The van der Waals surface area contributed by atoms with E-state index in [0.717, 1.165) is 0 Å². The molecule has 1 saturated heterocycles. The van der Waals surface area contributed by atoms with Crippen LogP contribution >= 0.6 is 11.6 Å². The lowest BCUT2D eigenvalue weighted by Crippen LogP contribution is -2.37. The van der Waals surface area contributed by atoms with Crippen molar-refractivity contribution < 1.29 is 22.1 Å². The average Bonchev–Trinajstić information content (AvgIpc) is 2.76. The van der Waals surface area contributed by atoms with Crippen LogP contribution in [-0.2, 0) is 19.3 Å². The molecule has 1 aliphatic rings. The highest BCUT2D eigenvalue weighted by Crippen LogP contribution is 2.32. The topological polar surface area (TPSA) is 64.6 Å². The molecule has 1 aliphatic heterocycles. The molecule has 9 heteroatoms. The van der Waals surface area contributed by atoms with Crippen LogP contribution in [0.2, 0.25) is 5.02 Å². The second-order valence-electron chi connectivity index (χ2n) is 6.01. The number of hydrogen-bond acceptors (Lipinski definition) is 4. The summed E-state index contributed by atoms with van der Waals surface area (Å²) in [5, 5.41) is 0.180. The predicted molar refractivity (Wildman–Crippen MR) is 94.5 cm³/mol. The fourth-order valence-corrected chi connectivity index (χ4v) is 3.84. The van der Waals surface area contributed by atoms with Crippen LogP contribution < -0.4 is 10.2 Å². The van der Waals surface area contributed by atoms with E-state index in [4.69, 9.17) is 20.9 Å². The highest BCUT2D eigenvalue weighted by atomic mass is 35.5. The van der Waals surface area contributed by atoms with Gasteiger partial charge in [0.05, 0.1) is 11.4 Å². The number of rotatable bonds is 5. The number of benzene rings is 1. The second-order valence-corrected chi connectivity index (χ2v) is 8.29. The van der Waals surface area contributed by atoms with Crippen molar-refractivity contribution in [3.63, 3.8) is 0 Å². The average molecular weight is 376 g/mol. The summed E-state index contributed by atoms with van der Waals surface area (Å²) in [5.41, 5.74) is -0.887. The first-order valence-corrected chi connectivity index (χ1v) is 9.63. The quantitative estimate of drug-likeness (QED) is 0.803. The Bertz CT molecular complexity index is 767. The van der Waals surface area contributed by atoms with Crippen LogP contribution in [0.15, 0.2) is 24.0 Å². The molecule has 24 heavy (non-hydrogen) atoms. The number of sulfonamides is 1. The van der Waals surface area contributed by atoms with Crippen LogP contribution in [0, 0.1) is 5.82 Å². The number of anilines is 1. The molecule has 1 heterocycles. The zero-order chi connectivity index (χ0) is 18.1. The lowest BCUT2D eigenvalue weighted by atomic mass is 9.78. The Kier molecular flexibility index (Phi) is 5.52. The van der Waals surface area contributed by atoms with Crippen LogP contribution in [0.5, 0.6) is 0 Å². The molecule has 1 fully saturated rings. The van der Waals surface area contributed by atoms with Crippen molar-refractivity contribution >= 4 is 39.9 Å². The molecular weight excluding hydrogens is 355 g/mol. The van der Waals surface area contributed by atoms with Gasteiger partial charge in [0.1, 0.15) is 17.2 Å². The Morgan fingerprint density at radius 2 is 2.08 bits per heavy atom. The Morgan fingerprint density at radius 1 is 1.42 bits per heavy atom. The van der Waals surface area contributed by atoms with Gasteiger partial charge in [-0.2, -0.15) is 0 Å². The van der Waals surface area contributed by atoms with E-state index >= 15 is 0 Å². The van der Waals surface area contributed by atoms with Crippen LogP contribution in [0.25, 0.3) is 0 Å². The minimum absolute atomic E-state index is 0.0432. The van der Waals surface area contributed by atoms with Crippen molar-refractivity contribution in [1.82, 2.24) is 0 Å². The largest absolute Gasteiger partial charge is 0.566 e. The van der Waals surface area contributed by atoms with Crippen molar-refractivity contribution in [3.05, 3.63) is 34.8 Å². The highest BCUT2D eigenvalue weighted by molar-refractivity contribution is 7.92. The zero-order valence-corrected chi connectivity index (χ0v) is 15.6. The van der Waals surface area contributed by atoms with Gasteiger partial charge >= 0.3 is 7.12 Å². The maximum atomic E-state index is 14.8. The van der Waals surface area contributed by atoms with Gasteiger partial charge in [-0.05, 0) is 45.4 Å². The molecule has 1 aromatic rings. The summed E-state index contributed by atoms with van der Waals surface area (Å²) < 4.78 is 52.2. The summed E-state index contributed by atoms with van der Waals surface area (Å²) in [6.45, 7) is 7.12. The molecule has 2 rings (SSSR count). The molecule has 0 aliphatic carbocycles. The van der Waals surface area contributed by atoms with Gasteiger partial charge in [-0.15, -0.1) is 0 Å². The third-order valence-electron chi connectivity index (χ3n) is 3.55. The fraction of sp³-hybridized carbons (Fsp3) is 0.467. The van der Waals surface area contributed by atoms with Crippen molar-refractivity contribution in [2.24, 2.45) is 0 Å². The predicted octanol–water partition coefficient (Wildman–Crippen LogP) is 3.06. The van der Waals surface area contributed by atoms with E-state index in [1.807, 2.05) is 0 Å². The van der Waals surface area contributed by atoms with Crippen molar-refractivity contribution in [2.75, 3.05) is 10.5 Å². The molecule has 0 atom stereocenters. The maximum absolute atomic E-state index is 14.8. The van der Waals surface area contributed by atoms with Gasteiger partial charge in [0.15, 0.2) is 0 Å². The SMILES string of the molecule is C/C=C1\OB(c2cc(Cl)cc(NS(=O)(=O)CCC)c2F)OC1(C)C. The molecule has 1 N–H and O–H groups in total. The molecule has 0 saturated carbocycles. The van der Waals surface area contributed by atoms with Crippen molar-refractivity contribution in [3.8, 4) is 0 Å². The smallest absolute Gasteiger partial charge is 0.533 e. The van der Waals surface area contributed by atoms with Gasteiger partial charge < -0.3 is 9.31 Å². The second kappa shape index (κ2) is 6.94. The number of nitrogens with one attached hydrogen (secondary N) is 1. The van der Waals surface area contributed by atoms with Gasteiger partial charge in [0, 0.05) is 10.5 Å². The monoisotopic (exact) mass is 375 g/mol. The van der Waals surface area contributed by atoms with Gasteiger partial charge in [0.25, 0.3) is 0 Å². The van der Waals surface area contributed by atoms with Gasteiger partial charge in [-0.3, -0.25) is 4.72 Å². The van der Waals surface area contributed by atoms with E-state index in [1.54, 1.807) is 33.8 Å². The molecule has 1 aromatic carbocycles.